The van der Waals surface area contributed by atoms with Gasteiger partial charge in [0.15, 0.2) is 0 Å². The molecule has 0 N–H and O–H groups in total. The fraction of sp³-hybridized carbons (Fsp3) is 0.0667. The van der Waals surface area contributed by atoms with Crippen molar-refractivity contribution in [1.29, 1.82) is 0 Å². The van der Waals surface area contributed by atoms with Gasteiger partial charge >= 0.3 is 0 Å². The van der Waals surface area contributed by atoms with Gasteiger partial charge in [0.2, 0.25) is 0 Å². The van der Waals surface area contributed by atoms with Crippen molar-refractivity contribution >= 4 is 12.6 Å². The van der Waals surface area contributed by atoms with Gasteiger partial charge in [0.1, 0.15) is 0 Å². The van der Waals surface area contributed by atoms with Crippen LogP contribution in [0.1, 0.15) is 16.7 Å². The molecule has 2 rings (SSSR count). The highest BCUT2D eigenvalue weighted by molar-refractivity contribution is 7.79. The second kappa shape index (κ2) is 5.44. The van der Waals surface area contributed by atoms with Crippen LogP contribution in [0.25, 0.3) is 0 Å². The van der Waals surface area contributed by atoms with Gasteiger partial charge in [0, 0.05) is 16.9 Å². The van der Waals surface area contributed by atoms with Gasteiger partial charge in [-0.05, 0) is 29.8 Å². The molecule has 0 saturated carbocycles. The van der Waals surface area contributed by atoms with Crippen molar-refractivity contribution in [2.24, 2.45) is 0 Å². The Morgan fingerprint density at radius 1 is 0.750 bits per heavy atom. The second-order valence-electron chi connectivity index (χ2n) is 3.47. The van der Waals surface area contributed by atoms with E-state index in [9.17, 15) is 0 Å². The van der Waals surface area contributed by atoms with E-state index in [0.29, 0.717) is 0 Å². The van der Waals surface area contributed by atoms with E-state index in [-0.39, 0.29) is 0 Å². The Balaban J connectivity index is 2.18. The Hall–Kier alpha value is -1.65. The molecule has 0 aromatic heterocycles. The van der Waals surface area contributed by atoms with E-state index in [1.165, 1.54) is 5.56 Å². The molecule has 0 amide bonds. The third kappa shape index (κ3) is 2.92. The molecule has 0 aliphatic heterocycles. The van der Waals surface area contributed by atoms with Crippen molar-refractivity contribution in [1.82, 2.24) is 0 Å². The molecule has 0 aliphatic rings. The van der Waals surface area contributed by atoms with Gasteiger partial charge in [-0.15, -0.1) is 0 Å². The maximum atomic E-state index is 4.22. The van der Waals surface area contributed by atoms with Gasteiger partial charge < -0.3 is 0 Å². The van der Waals surface area contributed by atoms with Crippen LogP contribution in [0.5, 0.6) is 0 Å². The Morgan fingerprint density at radius 2 is 1.31 bits per heavy atom. The predicted octanol–water partition coefficient (Wildman–Crippen LogP) is 3.52. The Bertz CT molecular complexity index is 501. The summed E-state index contributed by atoms with van der Waals surface area (Å²) in [6.07, 6.45) is 0. The number of thiol groups is 1. The first-order chi connectivity index (χ1) is 7.88. The fourth-order valence-corrected chi connectivity index (χ4v) is 1.57. The van der Waals surface area contributed by atoms with Crippen molar-refractivity contribution in [3.63, 3.8) is 0 Å². The third-order valence-corrected chi connectivity index (χ3v) is 2.63. The van der Waals surface area contributed by atoms with Crippen LogP contribution in [-0.4, -0.2) is 0 Å². The molecule has 0 heterocycles. The summed E-state index contributed by atoms with van der Waals surface area (Å²) < 4.78 is 0. The van der Waals surface area contributed by atoms with Gasteiger partial charge in [-0.2, -0.15) is 12.6 Å². The molecule has 2 aromatic carbocycles. The monoisotopic (exact) mass is 224 g/mol. The van der Waals surface area contributed by atoms with E-state index in [2.05, 4.69) is 36.6 Å². The average molecular weight is 224 g/mol. The highest BCUT2D eigenvalue weighted by Gasteiger charge is 1.89. The van der Waals surface area contributed by atoms with E-state index >= 15 is 0 Å². The standard InChI is InChI=1S/C15H12S/c16-12-15-10-8-14(9-11-15)7-6-13-4-2-1-3-5-13/h1-5,8-11,16H,12H2. The van der Waals surface area contributed by atoms with Crippen LogP contribution in [0, 0.1) is 11.8 Å². The molecule has 2 aromatic rings. The van der Waals surface area contributed by atoms with Crippen molar-refractivity contribution in [2.45, 2.75) is 5.75 Å². The van der Waals surface area contributed by atoms with Crippen LogP contribution in [0.2, 0.25) is 0 Å². The molecule has 0 saturated heterocycles. The lowest BCUT2D eigenvalue weighted by molar-refractivity contribution is 1.42. The van der Waals surface area contributed by atoms with Crippen molar-refractivity contribution < 1.29 is 0 Å². The Kier molecular flexibility index (Phi) is 3.69. The second-order valence-corrected chi connectivity index (χ2v) is 3.79. The lowest BCUT2D eigenvalue weighted by Crippen LogP contribution is -1.79. The molecule has 0 spiro atoms. The summed E-state index contributed by atoms with van der Waals surface area (Å²) in [4.78, 5) is 0. The summed E-state index contributed by atoms with van der Waals surface area (Å²) in [5.41, 5.74) is 3.30. The predicted molar refractivity (Wildman–Crippen MR) is 71.6 cm³/mol. The minimum absolute atomic E-state index is 0.770. The molecule has 0 atom stereocenters. The van der Waals surface area contributed by atoms with E-state index in [1.54, 1.807) is 0 Å². The molecule has 0 unspecified atom stereocenters. The van der Waals surface area contributed by atoms with Crippen LogP contribution in [0.15, 0.2) is 54.6 Å². The lowest BCUT2D eigenvalue weighted by atomic mass is 10.1. The Labute approximate surface area is 102 Å². The molecule has 16 heavy (non-hydrogen) atoms. The first kappa shape index (κ1) is 10.9. The normalized spacial score (nSPS) is 9.31. The molecule has 0 radical (unpaired) electrons. The zero-order chi connectivity index (χ0) is 11.2. The van der Waals surface area contributed by atoms with E-state index in [4.69, 9.17) is 0 Å². The van der Waals surface area contributed by atoms with E-state index in [0.717, 1.165) is 16.9 Å². The highest BCUT2D eigenvalue weighted by atomic mass is 32.1. The molecule has 0 nitrogen and oxygen atoms in total. The van der Waals surface area contributed by atoms with Gasteiger partial charge in [0.25, 0.3) is 0 Å². The van der Waals surface area contributed by atoms with Crippen molar-refractivity contribution in [3.8, 4) is 11.8 Å². The fourth-order valence-electron chi connectivity index (χ4n) is 1.36. The minimum Gasteiger partial charge on any atom is -0.175 e. The summed E-state index contributed by atoms with van der Waals surface area (Å²) in [6, 6.07) is 18.2. The number of hydrogen-bond acceptors (Lipinski definition) is 1. The number of rotatable bonds is 1. The van der Waals surface area contributed by atoms with E-state index in [1.807, 2.05) is 42.5 Å². The third-order valence-electron chi connectivity index (χ3n) is 2.26. The topological polar surface area (TPSA) is 0 Å². The minimum atomic E-state index is 0.770. The highest BCUT2D eigenvalue weighted by Crippen LogP contribution is 2.05. The molecule has 1 heteroatoms. The first-order valence-corrected chi connectivity index (χ1v) is 5.78. The van der Waals surface area contributed by atoms with Crippen LogP contribution in [0.4, 0.5) is 0 Å². The van der Waals surface area contributed by atoms with Crippen molar-refractivity contribution in [3.05, 3.63) is 71.3 Å². The Morgan fingerprint density at radius 3 is 1.88 bits per heavy atom. The largest absolute Gasteiger partial charge is 0.175 e. The molecule has 0 fully saturated rings. The van der Waals surface area contributed by atoms with E-state index < -0.39 is 0 Å². The number of benzene rings is 2. The van der Waals surface area contributed by atoms with Gasteiger partial charge in [-0.25, -0.2) is 0 Å². The quantitative estimate of drug-likeness (QED) is 0.556. The molecule has 0 aliphatic carbocycles. The summed E-state index contributed by atoms with van der Waals surface area (Å²) >= 11 is 4.22. The maximum absolute atomic E-state index is 4.22. The summed E-state index contributed by atoms with van der Waals surface area (Å²) in [5.74, 6) is 7.04. The summed E-state index contributed by atoms with van der Waals surface area (Å²) in [7, 11) is 0. The first-order valence-electron chi connectivity index (χ1n) is 5.15. The molecular weight excluding hydrogens is 212 g/mol. The van der Waals surface area contributed by atoms with Crippen LogP contribution < -0.4 is 0 Å². The summed E-state index contributed by atoms with van der Waals surface area (Å²) in [6.45, 7) is 0. The van der Waals surface area contributed by atoms with Crippen LogP contribution in [-0.2, 0) is 5.75 Å². The van der Waals surface area contributed by atoms with Crippen LogP contribution >= 0.6 is 12.6 Å². The number of hydrogen-bond donors (Lipinski definition) is 1. The van der Waals surface area contributed by atoms with Crippen LogP contribution in [0.3, 0.4) is 0 Å². The van der Waals surface area contributed by atoms with Gasteiger partial charge in [-0.3, -0.25) is 0 Å². The maximum Gasteiger partial charge on any atom is 0.0249 e. The smallest absolute Gasteiger partial charge is 0.0249 e. The molecule has 78 valence electrons. The zero-order valence-electron chi connectivity index (χ0n) is 8.85. The molecular formula is C15H12S. The SMILES string of the molecule is SCc1ccc(C#Cc2ccccc2)cc1. The van der Waals surface area contributed by atoms with Crippen molar-refractivity contribution in [2.75, 3.05) is 0 Å². The van der Waals surface area contributed by atoms with Gasteiger partial charge in [0.05, 0.1) is 0 Å². The average Bonchev–Trinajstić information content (AvgIpc) is 2.38. The molecule has 0 bridgehead atoms. The van der Waals surface area contributed by atoms with Gasteiger partial charge in [-0.1, -0.05) is 42.2 Å². The zero-order valence-corrected chi connectivity index (χ0v) is 9.74. The summed E-state index contributed by atoms with van der Waals surface area (Å²) in [5, 5.41) is 0. The lowest BCUT2D eigenvalue weighted by Gasteiger charge is -1.94.